The van der Waals surface area contributed by atoms with Gasteiger partial charge in [-0.15, -0.1) is 0 Å². The fourth-order valence-electron chi connectivity index (χ4n) is 2.30. The van der Waals surface area contributed by atoms with Gasteiger partial charge in [-0.2, -0.15) is 0 Å². The molecule has 0 aliphatic rings. The summed E-state index contributed by atoms with van der Waals surface area (Å²) in [7, 11) is 0. The van der Waals surface area contributed by atoms with Gasteiger partial charge in [0.2, 0.25) is 11.8 Å². The van der Waals surface area contributed by atoms with Crippen molar-refractivity contribution in [1.82, 2.24) is 10.6 Å². The van der Waals surface area contributed by atoms with Gasteiger partial charge in [-0.1, -0.05) is 13.8 Å². The summed E-state index contributed by atoms with van der Waals surface area (Å²) in [5.74, 6) is -3.92. The molecule has 0 bridgehead atoms. The number of amides is 2. The van der Waals surface area contributed by atoms with Crippen LogP contribution in [0.1, 0.15) is 46.0 Å². The zero-order valence-corrected chi connectivity index (χ0v) is 15.2. The largest absolute Gasteiger partial charge is 0.481 e. The molecule has 0 heterocycles. The maximum absolute atomic E-state index is 12.4. The Morgan fingerprint density at radius 2 is 1.54 bits per heavy atom. The minimum absolute atomic E-state index is 0.187. The first kappa shape index (κ1) is 23.8. The number of hydrogen-bond donors (Lipinski definition) is 6. The molecule has 10 nitrogen and oxygen atoms in total. The summed E-state index contributed by atoms with van der Waals surface area (Å²) in [6, 6.07) is -3.39. The lowest BCUT2D eigenvalue weighted by atomic mass is 10.0. The lowest BCUT2D eigenvalue weighted by Crippen LogP contribution is -2.54. The third-order valence-corrected chi connectivity index (χ3v) is 3.64. The zero-order chi connectivity index (χ0) is 20.3. The third kappa shape index (κ3) is 9.94. The van der Waals surface area contributed by atoms with E-state index in [4.69, 9.17) is 21.7 Å². The second kappa shape index (κ2) is 12.2. The molecule has 8 N–H and O–H groups in total. The van der Waals surface area contributed by atoms with Crippen molar-refractivity contribution in [3.63, 3.8) is 0 Å². The van der Waals surface area contributed by atoms with E-state index < -0.39 is 48.3 Å². The smallest absolute Gasteiger partial charge is 0.326 e. The van der Waals surface area contributed by atoms with E-state index in [1.165, 1.54) is 0 Å². The molecule has 0 aromatic rings. The van der Waals surface area contributed by atoms with E-state index in [1.807, 2.05) is 13.8 Å². The van der Waals surface area contributed by atoms with Gasteiger partial charge >= 0.3 is 11.9 Å². The average Bonchev–Trinajstić information content (AvgIpc) is 2.51. The minimum Gasteiger partial charge on any atom is -0.481 e. The molecule has 26 heavy (non-hydrogen) atoms. The van der Waals surface area contributed by atoms with Crippen LogP contribution < -0.4 is 22.1 Å². The highest BCUT2D eigenvalue weighted by atomic mass is 16.4. The molecule has 0 aliphatic heterocycles. The van der Waals surface area contributed by atoms with E-state index in [0.717, 1.165) is 0 Å². The van der Waals surface area contributed by atoms with Crippen molar-refractivity contribution in [3.05, 3.63) is 0 Å². The molecule has 0 unspecified atom stereocenters. The van der Waals surface area contributed by atoms with Gasteiger partial charge in [0.05, 0.1) is 12.5 Å². The molecule has 0 rings (SSSR count). The number of rotatable bonds is 13. The van der Waals surface area contributed by atoms with Gasteiger partial charge in [0.1, 0.15) is 12.1 Å². The summed E-state index contributed by atoms with van der Waals surface area (Å²) in [6.45, 7) is 4.22. The number of carbonyl (C=O) groups is 4. The zero-order valence-electron chi connectivity index (χ0n) is 15.2. The Kier molecular flexibility index (Phi) is 11.2. The Labute approximate surface area is 152 Å². The first-order valence-corrected chi connectivity index (χ1v) is 8.59. The average molecular weight is 374 g/mol. The Hall–Kier alpha value is -2.20. The van der Waals surface area contributed by atoms with Crippen molar-refractivity contribution in [2.24, 2.45) is 17.4 Å². The number of hydrogen-bond acceptors (Lipinski definition) is 6. The van der Waals surface area contributed by atoms with Crippen LogP contribution >= 0.6 is 0 Å². The van der Waals surface area contributed by atoms with Crippen molar-refractivity contribution in [2.45, 2.75) is 64.1 Å². The predicted molar refractivity (Wildman–Crippen MR) is 94.1 cm³/mol. The molecule has 0 saturated carbocycles. The molecule has 0 saturated heterocycles. The molecule has 0 radical (unpaired) electrons. The first-order chi connectivity index (χ1) is 12.1. The molecule has 3 atom stereocenters. The van der Waals surface area contributed by atoms with Gasteiger partial charge in [-0.05, 0) is 38.1 Å². The highest BCUT2D eigenvalue weighted by Gasteiger charge is 2.29. The topological polar surface area (TPSA) is 185 Å². The van der Waals surface area contributed by atoms with Crippen molar-refractivity contribution in [3.8, 4) is 0 Å². The van der Waals surface area contributed by atoms with E-state index >= 15 is 0 Å². The van der Waals surface area contributed by atoms with Gasteiger partial charge < -0.3 is 32.3 Å². The monoisotopic (exact) mass is 374 g/mol. The van der Waals surface area contributed by atoms with E-state index in [-0.39, 0.29) is 12.3 Å². The predicted octanol–water partition coefficient (Wildman–Crippen LogP) is -0.982. The van der Waals surface area contributed by atoms with E-state index in [2.05, 4.69) is 10.6 Å². The third-order valence-electron chi connectivity index (χ3n) is 3.64. The van der Waals surface area contributed by atoms with Crippen LogP contribution in [-0.2, 0) is 19.2 Å². The fraction of sp³-hybridized carbons (Fsp3) is 0.750. The van der Waals surface area contributed by atoms with E-state index in [9.17, 15) is 19.2 Å². The number of nitrogens with two attached hydrogens (primary N) is 2. The van der Waals surface area contributed by atoms with Gasteiger partial charge in [0.15, 0.2) is 0 Å². The maximum atomic E-state index is 12.4. The number of aliphatic carboxylic acids is 2. The fourth-order valence-corrected chi connectivity index (χ4v) is 2.30. The van der Waals surface area contributed by atoms with Crippen LogP contribution in [-0.4, -0.2) is 58.6 Å². The Bertz CT molecular complexity index is 497. The molecule has 0 aromatic carbocycles. The second-order valence-electron chi connectivity index (χ2n) is 6.58. The van der Waals surface area contributed by atoms with E-state index in [0.29, 0.717) is 25.8 Å². The van der Waals surface area contributed by atoms with Gasteiger partial charge in [-0.3, -0.25) is 14.4 Å². The second-order valence-corrected chi connectivity index (χ2v) is 6.58. The number of unbranched alkanes of at least 4 members (excludes halogenated alkanes) is 1. The van der Waals surface area contributed by atoms with Crippen molar-refractivity contribution in [2.75, 3.05) is 6.54 Å². The Morgan fingerprint density at radius 3 is 2.00 bits per heavy atom. The maximum Gasteiger partial charge on any atom is 0.326 e. The van der Waals surface area contributed by atoms with E-state index in [1.54, 1.807) is 0 Å². The normalized spacial score (nSPS) is 14.3. The summed E-state index contributed by atoms with van der Waals surface area (Å²) in [5, 5.41) is 22.5. The highest BCUT2D eigenvalue weighted by Crippen LogP contribution is 2.06. The number of carboxylic acid groups (broad SMARTS) is 2. The van der Waals surface area contributed by atoms with Crippen LogP contribution in [0.15, 0.2) is 0 Å². The molecule has 0 aromatic heterocycles. The molecular weight excluding hydrogens is 344 g/mol. The van der Waals surface area contributed by atoms with Crippen LogP contribution in [0, 0.1) is 5.92 Å². The van der Waals surface area contributed by atoms with Crippen LogP contribution in [0.5, 0.6) is 0 Å². The van der Waals surface area contributed by atoms with Crippen LogP contribution in [0.3, 0.4) is 0 Å². The first-order valence-electron chi connectivity index (χ1n) is 8.59. The van der Waals surface area contributed by atoms with Crippen LogP contribution in [0.2, 0.25) is 0 Å². The van der Waals surface area contributed by atoms with Crippen molar-refractivity contribution in [1.29, 1.82) is 0 Å². The number of nitrogens with one attached hydrogen (secondary N) is 2. The van der Waals surface area contributed by atoms with Crippen LogP contribution in [0.4, 0.5) is 0 Å². The summed E-state index contributed by atoms with van der Waals surface area (Å²) >= 11 is 0. The highest BCUT2D eigenvalue weighted by molar-refractivity contribution is 5.92. The Morgan fingerprint density at radius 1 is 0.962 bits per heavy atom. The standard InChI is InChI=1S/C16H30N4O6/c1-9(2)7-10(18)14(23)19-11(5-3-4-6-17)15(24)20-12(16(25)26)8-13(21)22/h9-12H,3-8,17-18H2,1-2H3,(H,19,23)(H,20,24)(H,21,22)(H,25,26)/t10-,11-,12-/m0/s1. The van der Waals surface area contributed by atoms with Crippen LogP contribution in [0.25, 0.3) is 0 Å². The molecule has 0 spiro atoms. The van der Waals surface area contributed by atoms with Gasteiger partial charge in [0, 0.05) is 0 Å². The number of carbonyl (C=O) groups excluding carboxylic acids is 2. The lowest BCUT2D eigenvalue weighted by molar-refractivity contribution is -0.147. The summed E-state index contributed by atoms with van der Waals surface area (Å²) in [5.41, 5.74) is 11.2. The molecular formula is C16H30N4O6. The lowest BCUT2D eigenvalue weighted by Gasteiger charge is -2.23. The van der Waals surface area contributed by atoms with Crippen molar-refractivity contribution >= 4 is 23.8 Å². The van der Waals surface area contributed by atoms with Crippen molar-refractivity contribution < 1.29 is 29.4 Å². The minimum atomic E-state index is -1.58. The summed E-state index contributed by atoms with van der Waals surface area (Å²) in [4.78, 5) is 46.4. The SMILES string of the molecule is CC(C)C[C@H](N)C(=O)N[C@@H](CCCCN)C(=O)N[C@@H](CC(=O)O)C(=O)O. The van der Waals surface area contributed by atoms with Gasteiger partial charge in [-0.25, -0.2) is 4.79 Å². The Balaban J connectivity index is 5.02. The quantitative estimate of drug-likeness (QED) is 0.222. The number of carboxylic acids is 2. The molecule has 150 valence electrons. The molecule has 0 aliphatic carbocycles. The summed E-state index contributed by atoms with van der Waals surface area (Å²) < 4.78 is 0. The molecule has 0 fully saturated rings. The summed E-state index contributed by atoms with van der Waals surface area (Å²) in [6.07, 6.45) is 1.06. The molecule has 10 heteroatoms. The van der Waals surface area contributed by atoms with Gasteiger partial charge in [0.25, 0.3) is 0 Å². The molecule has 2 amide bonds.